The smallest absolute Gasteiger partial charge is 0.243 e. The predicted octanol–water partition coefficient (Wildman–Crippen LogP) is 3.99. The summed E-state index contributed by atoms with van der Waals surface area (Å²) in [4.78, 5) is 0.156. The Labute approximate surface area is 212 Å². The van der Waals surface area contributed by atoms with E-state index in [1.54, 1.807) is 18.2 Å². The topological polar surface area (TPSA) is 83.6 Å². The van der Waals surface area contributed by atoms with Gasteiger partial charge in [0.2, 0.25) is 10.0 Å². The molecule has 1 saturated heterocycles. The molecule has 0 amide bonds. The summed E-state index contributed by atoms with van der Waals surface area (Å²) >= 11 is 0. The highest BCUT2D eigenvalue weighted by Gasteiger charge is 2.45. The van der Waals surface area contributed by atoms with Crippen LogP contribution in [0.3, 0.4) is 0 Å². The Morgan fingerprint density at radius 2 is 1.36 bits per heavy atom. The molecule has 0 unspecified atom stereocenters. The van der Waals surface area contributed by atoms with Crippen LogP contribution in [0.1, 0.15) is 11.1 Å². The molecule has 1 N–H and O–H groups in total. The number of sulfone groups is 1. The van der Waals surface area contributed by atoms with E-state index in [0.29, 0.717) is 6.54 Å². The van der Waals surface area contributed by atoms with Gasteiger partial charge in [0.25, 0.3) is 0 Å². The second-order valence-corrected chi connectivity index (χ2v) is 13.2. The van der Waals surface area contributed by atoms with Crippen LogP contribution in [0, 0.1) is 0 Å². The van der Waals surface area contributed by atoms with Crippen LogP contribution < -0.4 is 5.32 Å². The fourth-order valence-corrected chi connectivity index (χ4v) is 8.49. The monoisotopic (exact) mass is 520 g/mol. The standard InChI is InChI=1S/C28H28N2O4S2/c31-35(32)20-27(29-18-22-9-3-1-4-10-22)28(21-35)30(19-23-11-5-2-6-12-23)36(33,34)26-16-15-24-13-7-8-14-25(24)17-26/h1-17,27-29H,18-21H2/t27-,28+/m1/s1. The highest BCUT2D eigenvalue weighted by molar-refractivity contribution is 7.92. The van der Waals surface area contributed by atoms with Gasteiger partial charge in [-0.15, -0.1) is 0 Å². The van der Waals surface area contributed by atoms with E-state index < -0.39 is 31.9 Å². The number of fused-ring (bicyclic) bond motifs is 1. The molecular formula is C28H28N2O4S2. The molecule has 1 aliphatic rings. The van der Waals surface area contributed by atoms with Crippen molar-refractivity contribution in [2.24, 2.45) is 0 Å². The Bertz CT molecular complexity index is 1560. The van der Waals surface area contributed by atoms with E-state index in [0.717, 1.165) is 21.9 Å². The number of nitrogens with one attached hydrogen (secondary N) is 1. The largest absolute Gasteiger partial charge is 0.307 e. The molecule has 5 rings (SSSR count). The maximum atomic E-state index is 14.1. The zero-order valence-corrected chi connectivity index (χ0v) is 21.3. The van der Waals surface area contributed by atoms with Gasteiger partial charge in [0, 0.05) is 19.1 Å². The lowest BCUT2D eigenvalue weighted by Gasteiger charge is -2.32. The van der Waals surface area contributed by atoms with E-state index >= 15 is 0 Å². The summed E-state index contributed by atoms with van der Waals surface area (Å²) in [5.41, 5.74) is 1.81. The number of nitrogens with zero attached hydrogens (tertiary/aromatic N) is 1. The van der Waals surface area contributed by atoms with E-state index in [1.165, 1.54) is 4.31 Å². The minimum Gasteiger partial charge on any atom is -0.307 e. The van der Waals surface area contributed by atoms with Gasteiger partial charge >= 0.3 is 0 Å². The summed E-state index contributed by atoms with van der Waals surface area (Å²) in [6.45, 7) is 0.534. The van der Waals surface area contributed by atoms with Crippen molar-refractivity contribution < 1.29 is 16.8 Å². The third-order valence-electron chi connectivity index (χ3n) is 6.61. The van der Waals surface area contributed by atoms with Crippen molar-refractivity contribution in [3.8, 4) is 0 Å². The minimum absolute atomic E-state index is 0.0830. The molecule has 186 valence electrons. The first kappa shape index (κ1) is 24.6. The number of hydrogen-bond donors (Lipinski definition) is 1. The normalized spacial score (nSPS) is 19.6. The van der Waals surface area contributed by atoms with E-state index in [1.807, 2.05) is 84.9 Å². The molecule has 8 heteroatoms. The molecule has 0 spiro atoms. The van der Waals surface area contributed by atoms with Gasteiger partial charge in [0.05, 0.1) is 22.4 Å². The summed E-state index contributed by atoms with van der Waals surface area (Å²) in [5, 5.41) is 5.10. The number of benzene rings is 4. The summed E-state index contributed by atoms with van der Waals surface area (Å²) < 4.78 is 55.2. The molecule has 0 aliphatic carbocycles. The van der Waals surface area contributed by atoms with Crippen LogP contribution >= 0.6 is 0 Å². The van der Waals surface area contributed by atoms with Gasteiger partial charge in [0.1, 0.15) is 0 Å². The van der Waals surface area contributed by atoms with E-state index in [2.05, 4.69) is 5.32 Å². The molecule has 2 atom stereocenters. The molecule has 4 aromatic rings. The Kier molecular flexibility index (Phi) is 6.94. The highest BCUT2D eigenvalue weighted by atomic mass is 32.2. The second-order valence-electron chi connectivity index (χ2n) is 9.16. The van der Waals surface area contributed by atoms with Crippen LogP contribution in [-0.2, 0) is 33.0 Å². The van der Waals surface area contributed by atoms with Crippen LogP contribution in [-0.4, -0.2) is 44.7 Å². The van der Waals surface area contributed by atoms with Crippen LogP contribution in [0.4, 0.5) is 0 Å². The molecule has 0 aromatic heterocycles. The maximum Gasteiger partial charge on any atom is 0.243 e. The first-order valence-electron chi connectivity index (χ1n) is 11.8. The lowest BCUT2D eigenvalue weighted by Crippen LogP contribution is -2.51. The molecule has 0 bridgehead atoms. The third-order valence-corrected chi connectivity index (χ3v) is 10.2. The van der Waals surface area contributed by atoms with Crippen LogP contribution in [0.15, 0.2) is 108 Å². The quantitative estimate of drug-likeness (QED) is 0.380. The zero-order chi connectivity index (χ0) is 25.2. The molecule has 6 nitrogen and oxygen atoms in total. The second kappa shape index (κ2) is 10.1. The van der Waals surface area contributed by atoms with Crippen LogP contribution in [0.5, 0.6) is 0 Å². The number of hydrogen-bond acceptors (Lipinski definition) is 5. The third kappa shape index (κ3) is 5.37. The van der Waals surface area contributed by atoms with Crippen molar-refractivity contribution in [3.63, 3.8) is 0 Å². The summed E-state index contributed by atoms with van der Waals surface area (Å²) in [5.74, 6) is -0.331. The fourth-order valence-electron chi connectivity index (χ4n) is 4.76. The van der Waals surface area contributed by atoms with Crippen molar-refractivity contribution in [2.75, 3.05) is 11.5 Å². The molecule has 1 aliphatic heterocycles. The number of sulfonamides is 1. The fraction of sp³-hybridized carbons (Fsp3) is 0.214. The Morgan fingerprint density at radius 1 is 0.750 bits per heavy atom. The Hall–Kier alpha value is -3.04. The van der Waals surface area contributed by atoms with Crippen molar-refractivity contribution in [3.05, 3.63) is 114 Å². The average molecular weight is 521 g/mol. The van der Waals surface area contributed by atoms with Gasteiger partial charge in [-0.3, -0.25) is 0 Å². The van der Waals surface area contributed by atoms with E-state index in [9.17, 15) is 16.8 Å². The van der Waals surface area contributed by atoms with Gasteiger partial charge in [0.15, 0.2) is 9.84 Å². The molecule has 36 heavy (non-hydrogen) atoms. The lowest BCUT2D eigenvalue weighted by atomic mass is 10.1. The van der Waals surface area contributed by atoms with Gasteiger partial charge < -0.3 is 5.32 Å². The summed E-state index contributed by atoms with van der Waals surface area (Å²) in [6, 6.07) is 30.3. The summed E-state index contributed by atoms with van der Waals surface area (Å²) in [7, 11) is -7.44. The first-order valence-corrected chi connectivity index (χ1v) is 15.1. The first-order chi connectivity index (χ1) is 17.3. The summed E-state index contributed by atoms with van der Waals surface area (Å²) in [6.07, 6.45) is 0. The van der Waals surface area contributed by atoms with Gasteiger partial charge in [-0.25, -0.2) is 16.8 Å². The Morgan fingerprint density at radius 3 is 2.06 bits per heavy atom. The van der Waals surface area contributed by atoms with Crippen molar-refractivity contribution in [2.45, 2.75) is 30.1 Å². The van der Waals surface area contributed by atoms with Crippen molar-refractivity contribution in [1.29, 1.82) is 0 Å². The lowest BCUT2D eigenvalue weighted by molar-refractivity contribution is 0.286. The molecule has 0 radical (unpaired) electrons. The van der Waals surface area contributed by atoms with Crippen LogP contribution in [0.2, 0.25) is 0 Å². The Balaban J connectivity index is 1.53. The highest BCUT2D eigenvalue weighted by Crippen LogP contribution is 2.29. The minimum atomic E-state index is -4.01. The molecule has 1 fully saturated rings. The maximum absolute atomic E-state index is 14.1. The molecular weight excluding hydrogens is 492 g/mol. The van der Waals surface area contributed by atoms with E-state index in [4.69, 9.17) is 0 Å². The predicted molar refractivity (Wildman–Crippen MR) is 143 cm³/mol. The number of rotatable bonds is 8. The zero-order valence-electron chi connectivity index (χ0n) is 19.7. The molecule has 0 saturated carbocycles. The van der Waals surface area contributed by atoms with Crippen LogP contribution in [0.25, 0.3) is 10.8 Å². The SMILES string of the molecule is O=S1(=O)C[C@@H](NCc2ccccc2)[C@@H](N(Cc2ccccc2)S(=O)(=O)c2ccc3ccccc3c2)C1. The van der Waals surface area contributed by atoms with Crippen molar-refractivity contribution >= 4 is 30.6 Å². The van der Waals surface area contributed by atoms with E-state index in [-0.39, 0.29) is 22.9 Å². The van der Waals surface area contributed by atoms with Gasteiger partial charge in [-0.2, -0.15) is 4.31 Å². The van der Waals surface area contributed by atoms with Crippen molar-refractivity contribution in [1.82, 2.24) is 9.62 Å². The van der Waals surface area contributed by atoms with Gasteiger partial charge in [-0.05, 0) is 34.0 Å². The molecule has 1 heterocycles. The molecule has 4 aromatic carbocycles. The van der Waals surface area contributed by atoms with Gasteiger partial charge in [-0.1, -0.05) is 91.0 Å². The average Bonchev–Trinajstić information content (AvgIpc) is 3.20.